The number of carbonyl (C=O) groups excluding carboxylic acids is 5. The van der Waals surface area contributed by atoms with Crippen molar-refractivity contribution in [3.05, 3.63) is 22.5 Å². The second kappa shape index (κ2) is 10.6. The van der Waals surface area contributed by atoms with Crippen molar-refractivity contribution in [2.45, 2.75) is 59.5 Å². The minimum Gasteiger partial charge on any atom is -0.462 e. The molecule has 2 aliphatic rings. The third-order valence-corrected chi connectivity index (χ3v) is 6.14. The van der Waals surface area contributed by atoms with Gasteiger partial charge in [-0.3, -0.25) is 19.3 Å². The molecule has 1 aliphatic heterocycles. The van der Waals surface area contributed by atoms with Crippen molar-refractivity contribution >= 4 is 29.7 Å². The van der Waals surface area contributed by atoms with E-state index in [1.165, 1.54) is 4.90 Å². The molecule has 0 bridgehead atoms. The van der Waals surface area contributed by atoms with E-state index < -0.39 is 17.9 Å². The molecule has 0 unspecified atom stereocenters. The zero-order valence-corrected chi connectivity index (χ0v) is 19.2. The van der Waals surface area contributed by atoms with E-state index in [9.17, 15) is 24.0 Å². The molecule has 0 spiro atoms. The summed E-state index contributed by atoms with van der Waals surface area (Å²) in [5, 5.41) is 0. The van der Waals surface area contributed by atoms with Crippen LogP contribution in [0.4, 0.5) is 0 Å². The maximum Gasteiger partial charge on any atom is 0.355 e. The van der Waals surface area contributed by atoms with Gasteiger partial charge >= 0.3 is 17.9 Å². The van der Waals surface area contributed by atoms with Crippen LogP contribution in [0.3, 0.4) is 0 Å². The summed E-state index contributed by atoms with van der Waals surface area (Å²) in [7, 11) is 0. The number of nitrogens with zero attached hydrogens (tertiary/aromatic N) is 1. The quantitative estimate of drug-likeness (QED) is 0.336. The summed E-state index contributed by atoms with van der Waals surface area (Å²) in [5.74, 6) is -2.86. The summed E-state index contributed by atoms with van der Waals surface area (Å²) in [5.41, 5.74) is 0.749. The smallest absolute Gasteiger partial charge is 0.355 e. The van der Waals surface area contributed by atoms with Gasteiger partial charge in [0.2, 0.25) is 11.8 Å². The number of fused-ring (bicyclic) bond motifs is 1. The Bertz CT molecular complexity index is 927. The van der Waals surface area contributed by atoms with Gasteiger partial charge in [-0.2, -0.15) is 0 Å². The van der Waals surface area contributed by atoms with Crippen LogP contribution in [0.15, 0.2) is 0 Å². The standard InChI is InChI=1S/C23H30N2O8/c1-4-31-22(29)18-13(3)19(23(30)32-5-2)24-16(18)12-33-17(26)10-11-25-20(27)14-8-6-7-9-15(14)21(25)28/h14-15,24H,4-12H2,1-3H3/t14-,15+. The first-order chi connectivity index (χ1) is 15.8. The molecule has 180 valence electrons. The van der Waals surface area contributed by atoms with Gasteiger partial charge in [-0.05, 0) is 39.2 Å². The number of nitrogens with one attached hydrogen (secondary N) is 1. The number of imide groups is 1. The van der Waals surface area contributed by atoms with E-state index in [2.05, 4.69) is 4.98 Å². The Morgan fingerprint density at radius 3 is 2.09 bits per heavy atom. The van der Waals surface area contributed by atoms with Gasteiger partial charge in [-0.15, -0.1) is 0 Å². The Labute approximate surface area is 191 Å². The normalized spacial score (nSPS) is 19.9. The molecule has 1 aromatic heterocycles. The van der Waals surface area contributed by atoms with Gasteiger partial charge in [0.05, 0.1) is 42.7 Å². The Balaban J connectivity index is 1.64. The number of H-pyrrole nitrogens is 1. The number of amides is 2. The van der Waals surface area contributed by atoms with Crippen LogP contribution in [0.2, 0.25) is 0 Å². The van der Waals surface area contributed by atoms with Gasteiger partial charge in [0, 0.05) is 6.54 Å². The molecule has 2 fully saturated rings. The highest BCUT2D eigenvalue weighted by Gasteiger charge is 2.47. The molecule has 3 rings (SSSR count). The molecule has 1 saturated carbocycles. The average molecular weight is 462 g/mol. The van der Waals surface area contributed by atoms with Gasteiger partial charge < -0.3 is 19.2 Å². The highest BCUT2D eigenvalue weighted by atomic mass is 16.5. The topological polar surface area (TPSA) is 132 Å². The molecule has 33 heavy (non-hydrogen) atoms. The van der Waals surface area contributed by atoms with Crippen molar-refractivity contribution in [1.29, 1.82) is 0 Å². The number of hydrogen-bond acceptors (Lipinski definition) is 8. The van der Waals surface area contributed by atoms with Crippen molar-refractivity contribution in [3.8, 4) is 0 Å². The number of rotatable bonds is 9. The molecule has 1 aliphatic carbocycles. The predicted octanol–water partition coefficient (Wildman–Crippen LogP) is 2.29. The Morgan fingerprint density at radius 1 is 0.939 bits per heavy atom. The lowest BCUT2D eigenvalue weighted by Gasteiger charge is -2.19. The molecule has 2 atom stereocenters. The van der Waals surface area contributed by atoms with Crippen molar-refractivity contribution in [2.75, 3.05) is 19.8 Å². The summed E-state index contributed by atoms with van der Waals surface area (Å²) in [6.07, 6.45) is 3.13. The van der Waals surface area contributed by atoms with Crippen molar-refractivity contribution < 1.29 is 38.2 Å². The van der Waals surface area contributed by atoms with E-state index >= 15 is 0 Å². The molecule has 1 aromatic rings. The summed E-state index contributed by atoms with van der Waals surface area (Å²) in [4.78, 5) is 66.0. The molecule has 1 N–H and O–H groups in total. The minimum atomic E-state index is -0.649. The van der Waals surface area contributed by atoms with Crippen LogP contribution in [-0.2, 0) is 35.2 Å². The highest BCUT2D eigenvalue weighted by molar-refractivity contribution is 6.05. The highest BCUT2D eigenvalue weighted by Crippen LogP contribution is 2.38. The Morgan fingerprint density at radius 2 is 1.52 bits per heavy atom. The van der Waals surface area contributed by atoms with Crippen LogP contribution in [-0.4, -0.2) is 59.4 Å². The van der Waals surface area contributed by atoms with Crippen LogP contribution in [0, 0.1) is 18.8 Å². The Hall–Kier alpha value is -3.17. The monoisotopic (exact) mass is 462 g/mol. The van der Waals surface area contributed by atoms with Gasteiger partial charge in [-0.1, -0.05) is 12.8 Å². The van der Waals surface area contributed by atoms with Crippen LogP contribution < -0.4 is 0 Å². The second-order valence-electron chi connectivity index (χ2n) is 8.16. The first-order valence-corrected chi connectivity index (χ1v) is 11.4. The van der Waals surface area contributed by atoms with E-state index in [1.54, 1.807) is 20.8 Å². The fourth-order valence-corrected chi connectivity index (χ4v) is 4.53. The fraction of sp³-hybridized carbons (Fsp3) is 0.609. The third-order valence-electron chi connectivity index (χ3n) is 6.14. The maximum absolute atomic E-state index is 12.5. The number of likely N-dealkylation sites (tertiary alicyclic amines) is 1. The number of aromatic nitrogens is 1. The van der Waals surface area contributed by atoms with Gasteiger partial charge in [0.15, 0.2) is 0 Å². The second-order valence-corrected chi connectivity index (χ2v) is 8.16. The van der Waals surface area contributed by atoms with Gasteiger partial charge in [0.1, 0.15) is 12.3 Å². The van der Waals surface area contributed by atoms with Crippen LogP contribution >= 0.6 is 0 Å². The predicted molar refractivity (Wildman–Crippen MR) is 114 cm³/mol. The first kappa shape index (κ1) is 24.5. The van der Waals surface area contributed by atoms with Crippen molar-refractivity contribution in [1.82, 2.24) is 9.88 Å². The third kappa shape index (κ3) is 5.09. The van der Waals surface area contributed by atoms with Gasteiger partial charge in [0.25, 0.3) is 0 Å². The van der Waals surface area contributed by atoms with Crippen LogP contribution in [0.1, 0.15) is 78.1 Å². The fourth-order valence-electron chi connectivity index (χ4n) is 4.53. The lowest BCUT2D eigenvalue weighted by atomic mass is 9.81. The molecule has 10 nitrogen and oxygen atoms in total. The van der Waals surface area contributed by atoms with Crippen molar-refractivity contribution in [3.63, 3.8) is 0 Å². The molecule has 2 amide bonds. The molecular formula is C23H30N2O8. The maximum atomic E-state index is 12.5. The lowest BCUT2D eigenvalue weighted by molar-refractivity contribution is -0.146. The number of ether oxygens (including phenoxy) is 3. The molecular weight excluding hydrogens is 432 g/mol. The first-order valence-electron chi connectivity index (χ1n) is 11.4. The number of esters is 3. The average Bonchev–Trinajstić information content (AvgIpc) is 3.25. The zero-order valence-electron chi connectivity index (χ0n) is 19.2. The van der Waals surface area contributed by atoms with E-state index in [1.807, 2.05) is 0 Å². The summed E-state index contributed by atoms with van der Waals surface area (Å²) in [6.45, 7) is 4.85. The number of aromatic amines is 1. The number of hydrogen-bond donors (Lipinski definition) is 1. The molecule has 0 aromatic carbocycles. The Kier molecular flexibility index (Phi) is 7.88. The summed E-state index contributed by atoms with van der Waals surface area (Å²) in [6, 6.07) is 0. The largest absolute Gasteiger partial charge is 0.462 e. The molecule has 0 radical (unpaired) electrons. The molecule has 1 saturated heterocycles. The minimum absolute atomic E-state index is 0.0357. The van der Waals surface area contributed by atoms with Gasteiger partial charge in [-0.25, -0.2) is 9.59 Å². The molecule has 2 heterocycles. The lowest BCUT2D eigenvalue weighted by Crippen LogP contribution is -2.33. The number of carbonyl (C=O) groups is 5. The summed E-state index contributed by atoms with van der Waals surface area (Å²) >= 11 is 0. The van der Waals surface area contributed by atoms with Crippen LogP contribution in [0.5, 0.6) is 0 Å². The van der Waals surface area contributed by atoms with E-state index in [0.717, 1.165) is 12.8 Å². The zero-order chi connectivity index (χ0) is 24.1. The van der Waals surface area contributed by atoms with E-state index in [0.29, 0.717) is 18.4 Å². The SMILES string of the molecule is CCOC(=O)c1[nH]c(COC(=O)CCN2C(=O)[C@H]3CCCC[C@H]3C2=O)c(C(=O)OCC)c1C. The van der Waals surface area contributed by atoms with E-state index in [-0.39, 0.29) is 73.4 Å². The van der Waals surface area contributed by atoms with E-state index in [4.69, 9.17) is 14.2 Å². The van der Waals surface area contributed by atoms with Crippen molar-refractivity contribution in [2.24, 2.45) is 11.8 Å². The van der Waals surface area contributed by atoms with Crippen LogP contribution in [0.25, 0.3) is 0 Å². The summed E-state index contributed by atoms with van der Waals surface area (Å²) < 4.78 is 15.3. The molecule has 10 heteroatoms.